The zero-order chi connectivity index (χ0) is 11.3. The van der Waals surface area contributed by atoms with E-state index in [1.165, 1.54) is 12.1 Å². The zero-order valence-electron chi connectivity index (χ0n) is 7.98. The van der Waals surface area contributed by atoms with Crippen molar-refractivity contribution in [1.82, 2.24) is 10.2 Å². The fourth-order valence-corrected chi connectivity index (χ4v) is 1.05. The van der Waals surface area contributed by atoms with Crippen LogP contribution in [0.2, 0.25) is 5.15 Å². The summed E-state index contributed by atoms with van der Waals surface area (Å²) in [5, 5.41) is 16.2. The van der Waals surface area contributed by atoms with Crippen LogP contribution in [-0.2, 0) is 9.53 Å². The van der Waals surface area contributed by atoms with Gasteiger partial charge in [0.1, 0.15) is 0 Å². The molecular formula is C9H8ClN3O2. The Bertz CT molecular complexity index is 385. The van der Waals surface area contributed by atoms with Crippen molar-refractivity contribution in [3.8, 4) is 6.07 Å². The van der Waals surface area contributed by atoms with E-state index in [4.69, 9.17) is 21.6 Å². The van der Waals surface area contributed by atoms with Crippen LogP contribution >= 0.6 is 11.6 Å². The van der Waals surface area contributed by atoms with E-state index in [0.717, 1.165) is 0 Å². The molecule has 0 aliphatic heterocycles. The Kier molecular flexibility index (Phi) is 4.01. The normalized spacial score (nSPS) is 11.5. The van der Waals surface area contributed by atoms with Crippen LogP contribution in [0.15, 0.2) is 12.1 Å². The lowest BCUT2D eigenvalue weighted by atomic mass is 10.1. The van der Waals surface area contributed by atoms with Crippen LogP contribution in [0.25, 0.3) is 0 Å². The van der Waals surface area contributed by atoms with Crippen LogP contribution in [0.3, 0.4) is 0 Å². The minimum atomic E-state index is -1.05. The molecule has 1 unspecified atom stereocenters. The zero-order valence-corrected chi connectivity index (χ0v) is 8.73. The third-order valence-electron chi connectivity index (χ3n) is 1.60. The lowest BCUT2D eigenvalue weighted by molar-refractivity contribution is -0.143. The largest absolute Gasteiger partial charge is 0.465 e. The molecule has 1 aromatic rings. The van der Waals surface area contributed by atoms with E-state index >= 15 is 0 Å². The summed E-state index contributed by atoms with van der Waals surface area (Å²) in [5.41, 5.74) is 0.236. The van der Waals surface area contributed by atoms with E-state index in [0.29, 0.717) is 0 Å². The molecule has 0 saturated carbocycles. The second kappa shape index (κ2) is 5.27. The molecule has 0 amide bonds. The number of ether oxygens (including phenoxy) is 1. The first-order valence-electron chi connectivity index (χ1n) is 4.24. The number of nitrogens with zero attached hydrogens (tertiary/aromatic N) is 3. The third kappa shape index (κ3) is 2.89. The molecule has 1 heterocycles. The van der Waals surface area contributed by atoms with Crippen molar-refractivity contribution in [2.24, 2.45) is 0 Å². The molecule has 1 rings (SSSR count). The molecule has 1 atom stereocenters. The van der Waals surface area contributed by atoms with E-state index in [1.54, 1.807) is 13.0 Å². The number of halogens is 1. The van der Waals surface area contributed by atoms with Crippen LogP contribution in [0, 0.1) is 11.3 Å². The summed E-state index contributed by atoms with van der Waals surface area (Å²) in [6, 6.07) is 4.74. The highest BCUT2D eigenvalue weighted by atomic mass is 35.5. The highest BCUT2D eigenvalue weighted by Crippen LogP contribution is 2.14. The van der Waals surface area contributed by atoms with Gasteiger partial charge in [-0.15, -0.1) is 5.10 Å². The summed E-state index contributed by atoms with van der Waals surface area (Å²) in [6.45, 7) is 1.89. The maximum Gasteiger partial charge on any atom is 0.329 e. The molecule has 6 heteroatoms. The number of carbonyl (C=O) groups excluding carboxylic acids is 1. The van der Waals surface area contributed by atoms with Crippen LogP contribution < -0.4 is 0 Å². The molecule has 15 heavy (non-hydrogen) atoms. The second-order valence-electron chi connectivity index (χ2n) is 2.60. The molecule has 0 radical (unpaired) electrons. The van der Waals surface area contributed by atoms with E-state index < -0.39 is 11.9 Å². The van der Waals surface area contributed by atoms with Gasteiger partial charge in [0.2, 0.25) is 0 Å². The summed E-state index contributed by atoms with van der Waals surface area (Å²) in [6.07, 6.45) is 0. The maximum absolute atomic E-state index is 11.3. The SMILES string of the molecule is CCOC(=O)C(C#N)c1ccc(Cl)nn1. The molecule has 1 aromatic heterocycles. The van der Waals surface area contributed by atoms with Crippen molar-refractivity contribution < 1.29 is 9.53 Å². The average molecular weight is 226 g/mol. The minimum Gasteiger partial charge on any atom is -0.465 e. The lowest BCUT2D eigenvalue weighted by Crippen LogP contribution is -2.15. The van der Waals surface area contributed by atoms with Crippen molar-refractivity contribution in [2.45, 2.75) is 12.8 Å². The first-order valence-corrected chi connectivity index (χ1v) is 4.62. The number of nitriles is 1. The number of esters is 1. The molecule has 0 aromatic carbocycles. The van der Waals surface area contributed by atoms with Gasteiger partial charge < -0.3 is 4.74 Å². The predicted molar refractivity (Wildman–Crippen MR) is 52.0 cm³/mol. The van der Waals surface area contributed by atoms with Gasteiger partial charge in [-0.3, -0.25) is 4.79 Å². The van der Waals surface area contributed by atoms with Crippen LogP contribution in [0.4, 0.5) is 0 Å². The van der Waals surface area contributed by atoms with E-state index in [-0.39, 0.29) is 17.5 Å². The topological polar surface area (TPSA) is 75.9 Å². The number of rotatable bonds is 3. The fourth-order valence-electron chi connectivity index (χ4n) is 0.945. The van der Waals surface area contributed by atoms with Gasteiger partial charge in [0.25, 0.3) is 0 Å². The van der Waals surface area contributed by atoms with Gasteiger partial charge in [-0.25, -0.2) is 0 Å². The molecule has 0 aliphatic carbocycles. The van der Waals surface area contributed by atoms with Crippen LogP contribution in [-0.4, -0.2) is 22.8 Å². The maximum atomic E-state index is 11.3. The van der Waals surface area contributed by atoms with Gasteiger partial charge in [0.15, 0.2) is 11.1 Å². The molecule has 0 saturated heterocycles. The standard InChI is InChI=1S/C9H8ClN3O2/c1-2-15-9(14)6(5-11)7-3-4-8(10)13-12-7/h3-4,6H,2H2,1H3. The van der Waals surface area contributed by atoms with Crippen LogP contribution in [0.5, 0.6) is 0 Å². The highest BCUT2D eigenvalue weighted by Gasteiger charge is 2.23. The molecule has 0 bridgehead atoms. The molecule has 78 valence electrons. The van der Waals surface area contributed by atoms with Gasteiger partial charge in [-0.2, -0.15) is 10.4 Å². The van der Waals surface area contributed by atoms with Gasteiger partial charge in [0.05, 0.1) is 18.4 Å². The van der Waals surface area contributed by atoms with Crippen LogP contribution in [0.1, 0.15) is 18.5 Å². The summed E-state index contributed by atoms with van der Waals surface area (Å²) in [5.74, 6) is -1.67. The Morgan fingerprint density at radius 1 is 1.67 bits per heavy atom. The molecular weight excluding hydrogens is 218 g/mol. The van der Waals surface area contributed by atoms with Crippen molar-refractivity contribution >= 4 is 17.6 Å². The molecule has 0 N–H and O–H groups in total. The quantitative estimate of drug-likeness (QED) is 0.725. The van der Waals surface area contributed by atoms with Crippen molar-refractivity contribution in [1.29, 1.82) is 5.26 Å². The monoisotopic (exact) mass is 225 g/mol. The molecule has 0 fully saturated rings. The fraction of sp³-hybridized carbons (Fsp3) is 0.333. The Morgan fingerprint density at radius 3 is 2.87 bits per heavy atom. The first-order chi connectivity index (χ1) is 7.19. The Morgan fingerprint density at radius 2 is 2.40 bits per heavy atom. The number of carbonyl (C=O) groups is 1. The Labute approximate surface area is 91.6 Å². The highest BCUT2D eigenvalue weighted by molar-refractivity contribution is 6.29. The number of hydrogen-bond acceptors (Lipinski definition) is 5. The van der Waals surface area contributed by atoms with Gasteiger partial charge in [-0.1, -0.05) is 11.6 Å². The van der Waals surface area contributed by atoms with Crippen molar-refractivity contribution in [3.05, 3.63) is 23.0 Å². The molecule has 0 spiro atoms. The van der Waals surface area contributed by atoms with Gasteiger partial charge in [0, 0.05) is 0 Å². The average Bonchev–Trinajstić information content (AvgIpc) is 2.22. The Balaban J connectivity index is 2.89. The summed E-state index contributed by atoms with van der Waals surface area (Å²) < 4.78 is 4.72. The second-order valence-corrected chi connectivity index (χ2v) is 2.98. The summed E-state index contributed by atoms with van der Waals surface area (Å²) in [4.78, 5) is 11.3. The van der Waals surface area contributed by atoms with E-state index in [9.17, 15) is 4.79 Å². The molecule has 0 aliphatic rings. The Hall–Kier alpha value is -1.67. The molecule has 5 nitrogen and oxygen atoms in total. The summed E-state index contributed by atoms with van der Waals surface area (Å²) >= 11 is 5.53. The van der Waals surface area contributed by atoms with Crippen molar-refractivity contribution in [2.75, 3.05) is 6.61 Å². The first kappa shape index (κ1) is 11.4. The van der Waals surface area contributed by atoms with Crippen molar-refractivity contribution in [3.63, 3.8) is 0 Å². The minimum absolute atomic E-state index is 0.208. The third-order valence-corrected chi connectivity index (χ3v) is 1.80. The van der Waals surface area contributed by atoms with Gasteiger partial charge >= 0.3 is 5.97 Å². The predicted octanol–water partition coefficient (Wildman–Crippen LogP) is 1.30. The lowest BCUT2D eigenvalue weighted by Gasteiger charge is -2.06. The van der Waals surface area contributed by atoms with Gasteiger partial charge in [-0.05, 0) is 19.1 Å². The summed E-state index contributed by atoms with van der Waals surface area (Å²) in [7, 11) is 0. The number of hydrogen-bond donors (Lipinski definition) is 0. The van der Waals surface area contributed by atoms with E-state index in [1.807, 2.05) is 0 Å². The number of aromatic nitrogens is 2. The van der Waals surface area contributed by atoms with E-state index in [2.05, 4.69) is 10.2 Å². The smallest absolute Gasteiger partial charge is 0.329 e.